The second kappa shape index (κ2) is 5.15. The van der Waals surface area contributed by atoms with Gasteiger partial charge in [0.2, 0.25) is 0 Å². The lowest BCUT2D eigenvalue weighted by Crippen LogP contribution is -2.22. The average molecular weight is 329 g/mol. The van der Waals surface area contributed by atoms with Crippen LogP contribution in [0.2, 0.25) is 0 Å². The van der Waals surface area contributed by atoms with Gasteiger partial charge in [-0.25, -0.2) is 15.0 Å². The van der Waals surface area contributed by atoms with Crippen LogP contribution in [0, 0.1) is 0 Å². The van der Waals surface area contributed by atoms with Crippen LogP contribution >= 0.6 is 22.7 Å². The van der Waals surface area contributed by atoms with Crippen molar-refractivity contribution in [2.75, 3.05) is 11.9 Å². The molecular weight excluding hydrogens is 318 g/mol. The number of fused-ring (bicyclic) bond motifs is 2. The Kier molecular flexibility index (Phi) is 3.12. The Bertz CT molecular complexity index is 1020. The van der Waals surface area contributed by atoms with Gasteiger partial charge in [0.05, 0.1) is 17.4 Å². The maximum absolute atomic E-state index is 12.0. The summed E-state index contributed by atoms with van der Waals surface area (Å²) in [5, 5.41) is 4.88. The molecular formula is C14H11N5OS2. The summed E-state index contributed by atoms with van der Waals surface area (Å²) in [6.45, 7) is 0.475. The first-order chi connectivity index (χ1) is 10.7. The first-order valence-electron chi connectivity index (χ1n) is 6.58. The SMILES string of the molecule is CN(Cc1nc2ccsc2c(=O)[nH]1)c1ncnc2sccc12. The van der Waals surface area contributed by atoms with Gasteiger partial charge >= 0.3 is 0 Å². The topological polar surface area (TPSA) is 74.8 Å². The summed E-state index contributed by atoms with van der Waals surface area (Å²) in [5.41, 5.74) is 0.646. The molecule has 0 aliphatic heterocycles. The number of anilines is 1. The predicted molar refractivity (Wildman–Crippen MR) is 89.8 cm³/mol. The van der Waals surface area contributed by atoms with Gasteiger partial charge in [-0.2, -0.15) is 0 Å². The number of nitrogens with one attached hydrogen (secondary N) is 1. The van der Waals surface area contributed by atoms with E-state index in [4.69, 9.17) is 0 Å². The quantitative estimate of drug-likeness (QED) is 0.625. The Morgan fingerprint density at radius 3 is 3.00 bits per heavy atom. The van der Waals surface area contributed by atoms with Crippen LogP contribution in [0.1, 0.15) is 5.82 Å². The molecule has 22 heavy (non-hydrogen) atoms. The highest BCUT2D eigenvalue weighted by Crippen LogP contribution is 2.26. The van der Waals surface area contributed by atoms with Crippen molar-refractivity contribution in [1.82, 2.24) is 19.9 Å². The summed E-state index contributed by atoms with van der Waals surface area (Å²) >= 11 is 2.98. The van der Waals surface area contributed by atoms with E-state index in [9.17, 15) is 4.79 Å². The molecule has 6 nitrogen and oxygen atoms in total. The van der Waals surface area contributed by atoms with Gasteiger partial charge in [-0.3, -0.25) is 4.79 Å². The lowest BCUT2D eigenvalue weighted by atomic mass is 10.3. The molecule has 0 aliphatic carbocycles. The lowest BCUT2D eigenvalue weighted by Gasteiger charge is -2.17. The molecule has 0 saturated heterocycles. The van der Waals surface area contributed by atoms with Crippen molar-refractivity contribution in [2.24, 2.45) is 0 Å². The molecule has 0 fully saturated rings. The number of thiophene rings is 2. The van der Waals surface area contributed by atoms with Crippen LogP contribution in [0.4, 0.5) is 5.82 Å². The lowest BCUT2D eigenvalue weighted by molar-refractivity contribution is 0.829. The third-order valence-corrected chi connectivity index (χ3v) is 5.08. The zero-order chi connectivity index (χ0) is 15.1. The van der Waals surface area contributed by atoms with E-state index in [0.29, 0.717) is 17.1 Å². The molecule has 110 valence electrons. The number of hydrogen-bond donors (Lipinski definition) is 1. The maximum Gasteiger partial charge on any atom is 0.268 e. The third kappa shape index (κ3) is 2.16. The van der Waals surface area contributed by atoms with Crippen molar-refractivity contribution in [1.29, 1.82) is 0 Å². The molecule has 0 amide bonds. The highest BCUT2D eigenvalue weighted by Gasteiger charge is 2.12. The molecule has 0 bridgehead atoms. The standard InChI is InChI=1S/C14H11N5OS2/c1-19(12-8-2-4-22-14(8)16-7-15-12)6-10-17-9-3-5-21-11(9)13(20)18-10/h2-5,7H,6H2,1H3,(H,17,18,20). The summed E-state index contributed by atoms with van der Waals surface area (Å²) in [6, 6.07) is 3.87. The van der Waals surface area contributed by atoms with E-state index in [1.807, 2.05) is 34.8 Å². The molecule has 4 aromatic rings. The van der Waals surface area contributed by atoms with E-state index in [-0.39, 0.29) is 5.56 Å². The monoisotopic (exact) mass is 329 g/mol. The van der Waals surface area contributed by atoms with Gasteiger partial charge in [0.15, 0.2) is 0 Å². The maximum atomic E-state index is 12.0. The zero-order valence-corrected chi connectivity index (χ0v) is 13.2. The van der Waals surface area contributed by atoms with E-state index < -0.39 is 0 Å². The molecule has 0 saturated carbocycles. The van der Waals surface area contributed by atoms with Crippen LogP contribution < -0.4 is 10.5 Å². The van der Waals surface area contributed by atoms with Crippen molar-refractivity contribution in [3.63, 3.8) is 0 Å². The summed E-state index contributed by atoms with van der Waals surface area (Å²) in [4.78, 5) is 30.9. The molecule has 4 rings (SSSR count). The minimum Gasteiger partial charge on any atom is -0.352 e. The third-order valence-electron chi connectivity index (χ3n) is 3.35. The molecule has 0 atom stereocenters. The van der Waals surface area contributed by atoms with Crippen LogP contribution in [0.25, 0.3) is 20.4 Å². The summed E-state index contributed by atoms with van der Waals surface area (Å²) in [6.07, 6.45) is 1.56. The fourth-order valence-electron chi connectivity index (χ4n) is 2.38. The highest BCUT2D eigenvalue weighted by molar-refractivity contribution is 7.17. The van der Waals surface area contributed by atoms with Gasteiger partial charge in [0.25, 0.3) is 5.56 Å². The first kappa shape index (κ1) is 13.4. The Balaban J connectivity index is 1.72. The van der Waals surface area contributed by atoms with Crippen molar-refractivity contribution in [3.8, 4) is 0 Å². The number of rotatable bonds is 3. The van der Waals surface area contributed by atoms with Crippen molar-refractivity contribution < 1.29 is 0 Å². The summed E-state index contributed by atoms with van der Waals surface area (Å²) < 4.78 is 0.661. The smallest absolute Gasteiger partial charge is 0.268 e. The number of H-pyrrole nitrogens is 1. The summed E-state index contributed by atoms with van der Waals surface area (Å²) in [7, 11) is 1.93. The number of aromatic nitrogens is 4. The van der Waals surface area contributed by atoms with Gasteiger partial charge < -0.3 is 9.88 Å². The fraction of sp³-hybridized carbons (Fsp3) is 0.143. The van der Waals surface area contributed by atoms with Crippen LogP contribution in [-0.2, 0) is 6.54 Å². The van der Waals surface area contributed by atoms with E-state index in [1.165, 1.54) is 11.3 Å². The van der Waals surface area contributed by atoms with Gasteiger partial charge in [-0.1, -0.05) is 0 Å². The Morgan fingerprint density at radius 2 is 2.09 bits per heavy atom. The number of nitrogens with zero attached hydrogens (tertiary/aromatic N) is 4. The molecule has 4 aromatic heterocycles. The van der Waals surface area contributed by atoms with Crippen LogP contribution in [0.3, 0.4) is 0 Å². The zero-order valence-electron chi connectivity index (χ0n) is 11.6. The molecule has 0 spiro atoms. The predicted octanol–water partition coefficient (Wildman–Crippen LogP) is 2.63. The molecule has 4 heterocycles. The average Bonchev–Trinajstić information content (AvgIpc) is 3.15. The van der Waals surface area contributed by atoms with E-state index >= 15 is 0 Å². The Labute approximate surface area is 133 Å². The number of hydrogen-bond acceptors (Lipinski definition) is 7. The van der Waals surface area contributed by atoms with E-state index in [2.05, 4.69) is 19.9 Å². The normalized spacial score (nSPS) is 11.3. The minimum atomic E-state index is -0.0910. The van der Waals surface area contributed by atoms with Crippen molar-refractivity contribution in [2.45, 2.75) is 6.54 Å². The van der Waals surface area contributed by atoms with Gasteiger partial charge in [-0.05, 0) is 22.9 Å². The largest absolute Gasteiger partial charge is 0.352 e. The second-order valence-electron chi connectivity index (χ2n) is 4.84. The molecule has 0 radical (unpaired) electrons. The molecule has 8 heteroatoms. The molecule has 0 aliphatic rings. The Hall–Kier alpha value is -2.32. The van der Waals surface area contributed by atoms with Gasteiger partial charge in [0, 0.05) is 7.05 Å². The number of aromatic amines is 1. The molecule has 1 N–H and O–H groups in total. The molecule has 0 aromatic carbocycles. The Morgan fingerprint density at radius 1 is 1.23 bits per heavy atom. The van der Waals surface area contributed by atoms with Crippen LogP contribution in [0.5, 0.6) is 0 Å². The van der Waals surface area contributed by atoms with Crippen LogP contribution in [-0.4, -0.2) is 27.0 Å². The molecule has 0 unspecified atom stereocenters. The highest BCUT2D eigenvalue weighted by atomic mass is 32.1. The van der Waals surface area contributed by atoms with Gasteiger partial charge in [-0.15, -0.1) is 22.7 Å². The first-order valence-corrected chi connectivity index (χ1v) is 8.34. The minimum absolute atomic E-state index is 0.0910. The second-order valence-corrected chi connectivity index (χ2v) is 6.65. The summed E-state index contributed by atoms with van der Waals surface area (Å²) in [5.74, 6) is 1.46. The fourth-order valence-corrected chi connectivity index (χ4v) is 3.83. The van der Waals surface area contributed by atoms with Gasteiger partial charge in [0.1, 0.15) is 27.5 Å². The van der Waals surface area contributed by atoms with Crippen molar-refractivity contribution in [3.05, 3.63) is 45.4 Å². The van der Waals surface area contributed by atoms with Crippen LogP contribution in [0.15, 0.2) is 34.0 Å². The van der Waals surface area contributed by atoms with Crippen molar-refractivity contribution >= 4 is 48.9 Å². The van der Waals surface area contributed by atoms with E-state index in [0.717, 1.165) is 21.6 Å². The van der Waals surface area contributed by atoms with E-state index in [1.54, 1.807) is 17.7 Å².